The molecule has 1 fully saturated rings. The van der Waals surface area contributed by atoms with Gasteiger partial charge >= 0.3 is 5.97 Å². The first-order chi connectivity index (χ1) is 11.1. The largest absolute Gasteiger partial charge is 0.480 e. The van der Waals surface area contributed by atoms with Crippen LogP contribution in [0.5, 0.6) is 0 Å². The highest BCUT2D eigenvalue weighted by Crippen LogP contribution is 2.30. The molecule has 1 aliphatic rings. The second-order valence-corrected chi connectivity index (χ2v) is 7.08. The van der Waals surface area contributed by atoms with Gasteiger partial charge in [-0.2, -0.15) is 0 Å². The van der Waals surface area contributed by atoms with E-state index < -0.39 is 12.0 Å². The second-order valence-electron chi connectivity index (χ2n) is 6.14. The van der Waals surface area contributed by atoms with Gasteiger partial charge in [0.1, 0.15) is 6.04 Å². The van der Waals surface area contributed by atoms with E-state index in [2.05, 4.69) is 34.5 Å². The molecule has 1 unspecified atom stereocenters. The Balaban J connectivity index is 1.59. The Morgan fingerprint density at radius 2 is 2.09 bits per heavy atom. The summed E-state index contributed by atoms with van der Waals surface area (Å²) in [5.74, 6) is -0.753. The summed E-state index contributed by atoms with van der Waals surface area (Å²) in [7, 11) is 0. The Morgan fingerprint density at radius 1 is 1.35 bits per heavy atom. The summed E-state index contributed by atoms with van der Waals surface area (Å²) in [6.45, 7) is 2.41. The number of carboxylic acid groups (broad SMARTS) is 1. The van der Waals surface area contributed by atoms with Crippen LogP contribution in [0.3, 0.4) is 0 Å². The van der Waals surface area contributed by atoms with Crippen molar-refractivity contribution in [2.24, 2.45) is 0 Å². The lowest BCUT2D eigenvalue weighted by atomic mass is 10.1. The summed E-state index contributed by atoms with van der Waals surface area (Å²) >= 11 is 1.68. The van der Waals surface area contributed by atoms with Crippen molar-refractivity contribution in [3.63, 3.8) is 0 Å². The fourth-order valence-corrected chi connectivity index (χ4v) is 3.54. The molecule has 4 nitrogen and oxygen atoms in total. The lowest BCUT2D eigenvalue weighted by Gasteiger charge is -2.25. The zero-order valence-electron chi connectivity index (χ0n) is 13.3. The summed E-state index contributed by atoms with van der Waals surface area (Å²) in [5, 5.41) is 12.5. The molecule has 1 saturated carbocycles. The van der Waals surface area contributed by atoms with Gasteiger partial charge in [-0.15, -0.1) is 11.3 Å². The lowest BCUT2D eigenvalue weighted by Crippen LogP contribution is -2.40. The Morgan fingerprint density at radius 3 is 2.74 bits per heavy atom. The van der Waals surface area contributed by atoms with Crippen LogP contribution in [0, 0.1) is 0 Å². The van der Waals surface area contributed by atoms with E-state index in [0.29, 0.717) is 12.6 Å². The van der Waals surface area contributed by atoms with Gasteiger partial charge in [-0.05, 0) is 31.7 Å². The van der Waals surface area contributed by atoms with Crippen LogP contribution in [0.15, 0.2) is 35.7 Å². The molecular weight excluding hydrogens is 308 g/mol. The summed E-state index contributed by atoms with van der Waals surface area (Å²) in [4.78, 5) is 18.0. The van der Waals surface area contributed by atoms with E-state index in [-0.39, 0.29) is 0 Å². The molecule has 0 radical (unpaired) electrons. The van der Waals surface area contributed by atoms with Gasteiger partial charge in [-0.1, -0.05) is 30.3 Å². The molecular formula is C18H22N2O2S. The molecule has 2 aromatic rings. The molecule has 1 aromatic carbocycles. The zero-order chi connectivity index (χ0) is 16.2. The Bertz CT molecular complexity index is 652. The van der Waals surface area contributed by atoms with Gasteiger partial charge in [0, 0.05) is 24.4 Å². The molecule has 1 heterocycles. The number of rotatable bonds is 8. The number of hydrogen-bond donors (Lipinski definition) is 1. The summed E-state index contributed by atoms with van der Waals surface area (Å²) in [5.41, 5.74) is 2.32. The summed E-state index contributed by atoms with van der Waals surface area (Å²) in [6, 6.07) is 10.4. The van der Waals surface area contributed by atoms with Crippen LogP contribution in [0.4, 0.5) is 0 Å². The Hall–Kier alpha value is -1.72. The minimum Gasteiger partial charge on any atom is -0.480 e. The van der Waals surface area contributed by atoms with Crippen LogP contribution in [-0.4, -0.2) is 33.0 Å². The molecule has 1 N–H and O–H groups in total. The highest BCUT2D eigenvalue weighted by molar-refractivity contribution is 7.09. The van der Waals surface area contributed by atoms with Crippen molar-refractivity contribution in [2.45, 2.75) is 51.2 Å². The van der Waals surface area contributed by atoms with E-state index in [9.17, 15) is 9.90 Å². The Kier molecular flexibility index (Phi) is 5.08. The number of benzene rings is 1. The van der Waals surface area contributed by atoms with Gasteiger partial charge in [-0.3, -0.25) is 9.69 Å². The van der Waals surface area contributed by atoms with E-state index in [0.717, 1.165) is 36.4 Å². The van der Waals surface area contributed by atoms with E-state index in [1.54, 1.807) is 18.3 Å². The maximum absolute atomic E-state index is 11.3. The van der Waals surface area contributed by atoms with E-state index in [1.165, 1.54) is 5.56 Å². The van der Waals surface area contributed by atoms with Gasteiger partial charge in [-0.25, -0.2) is 4.98 Å². The van der Waals surface area contributed by atoms with Crippen LogP contribution >= 0.6 is 11.3 Å². The molecule has 0 saturated heterocycles. The summed E-state index contributed by atoms with van der Waals surface area (Å²) < 4.78 is 0. The molecule has 1 atom stereocenters. The molecule has 1 aliphatic carbocycles. The summed E-state index contributed by atoms with van der Waals surface area (Å²) in [6.07, 6.45) is 4.13. The average molecular weight is 330 g/mol. The number of carbonyl (C=O) groups is 1. The van der Waals surface area contributed by atoms with Crippen LogP contribution < -0.4 is 0 Å². The zero-order valence-corrected chi connectivity index (χ0v) is 14.1. The van der Waals surface area contributed by atoms with Crippen molar-refractivity contribution >= 4 is 17.3 Å². The number of thiazole rings is 1. The molecule has 122 valence electrons. The third kappa shape index (κ3) is 4.39. The molecule has 0 bridgehead atoms. The highest BCUT2D eigenvalue weighted by Gasteiger charge is 2.35. The van der Waals surface area contributed by atoms with Gasteiger partial charge in [0.2, 0.25) is 0 Å². The third-order valence-electron chi connectivity index (χ3n) is 4.28. The standard InChI is InChI=1S/C18H22N2O2S/c1-13(18(21)22)20(16-8-9-16)11-15-12-23-17(19-15)10-7-14-5-3-2-4-6-14/h2-6,12-13,16H,7-11H2,1H3,(H,21,22). The molecule has 0 aliphatic heterocycles. The predicted octanol–water partition coefficient (Wildman–Crippen LogP) is 3.37. The van der Waals surface area contributed by atoms with E-state index in [1.807, 2.05) is 6.07 Å². The van der Waals surface area contributed by atoms with Crippen LogP contribution in [0.2, 0.25) is 0 Å². The van der Waals surface area contributed by atoms with Crippen LogP contribution in [0.25, 0.3) is 0 Å². The minimum atomic E-state index is -0.753. The number of hydrogen-bond acceptors (Lipinski definition) is 4. The van der Waals surface area contributed by atoms with Gasteiger partial charge in [0.05, 0.1) is 10.7 Å². The first-order valence-corrected chi connectivity index (χ1v) is 8.97. The van der Waals surface area contributed by atoms with Crippen molar-refractivity contribution < 1.29 is 9.90 Å². The van der Waals surface area contributed by atoms with E-state index >= 15 is 0 Å². The Labute approximate surface area is 140 Å². The van der Waals surface area contributed by atoms with Gasteiger partial charge < -0.3 is 5.11 Å². The van der Waals surface area contributed by atoms with E-state index in [4.69, 9.17) is 4.98 Å². The molecule has 3 rings (SSSR count). The molecule has 1 aromatic heterocycles. The van der Waals surface area contributed by atoms with Crippen molar-refractivity contribution in [1.29, 1.82) is 0 Å². The van der Waals surface area contributed by atoms with Crippen LogP contribution in [0.1, 0.15) is 36.0 Å². The number of aliphatic carboxylic acids is 1. The third-order valence-corrected chi connectivity index (χ3v) is 5.24. The smallest absolute Gasteiger partial charge is 0.320 e. The van der Waals surface area contributed by atoms with Crippen molar-refractivity contribution in [3.05, 3.63) is 52.0 Å². The van der Waals surface area contributed by atoms with Crippen molar-refractivity contribution in [1.82, 2.24) is 9.88 Å². The molecule has 0 amide bonds. The number of aromatic nitrogens is 1. The number of carboxylic acids is 1. The van der Waals surface area contributed by atoms with Crippen molar-refractivity contribution in [2.75, 3.05) is 0 Å². The average Bonchev–Trinajstić information content (AvgIpc) is 3.30. The molecule has 0 spiro atoms. The lowest BCUT2D eigenvalue weighted by molar-refractivity contribution is -0.143. The fraction of sp³-hybridized carbons (Fsp3) is 0.444. The second kappa shape index (κ2) is 7.23. The quantitative estimate of drug-likeness (QED) is 0.806. The SMILES string of the molecule is CC(C(=O)O)N(Cc1csc(CCc2ccccc2)n1)C1CC1. The van der Waals surface area contributed by atoms with Gasteiger partial charge in [0.25, 0.3) is 0 Å². The fourth-order valence-electron chi connectivity index (χ4n) is 2.75. The maximum atomic E-state index is 11.3. The first kappa shape index (κ1) is 16.1. The van der Waals surface area contributed by atoms with Crippen LogP contribution in [-0.2, 0) is 24.2 Å². The topological polar surface area (TPSA) is 53.4 Å². The maximum Gasteiger partial charge on any atom is 0.320 e. The monoisotopic (exact) mass is 330 g/mol. The molecule has 23 heavy (non-hydrogen) atoms. The number of nitrogens with zero attached hydrogens (tertiary/aromatic N) is 2. The minimum absolute atomic E-state index is 0.413. The first-order valence-electron chi connectivity index (χ1n) is 8.09. The predicted molar refractivity (Wildman–Crippen MR) is 91.6 cm³/mol. The normalized spacial score (nSPS) is 15.7. The highest BCUT2D eigenvalue weighted by atomic mass is 32.1. The van der Waals surface area contributed by atoms with Crippen molar-refractivity contribution in [3.8, 4) is 0 Å². The van der Waals surface area contributed by atoms with Gasteiger partial charge in [0.15, 0.2) is 0 Å². The number of aryl methyl sites for hydroxylation is 2. The molecule has 5 heteroatoms.